The lowest BCUT2D eigenvalue weighted by molar-refractivity contribution is -0.121. The summed E-state index contributed by atoms with van der Waals surface area (Å²) < 4.78 is 62.3. The molecule has 0 radical (unpaired) electrons. The highest BCUT2D eigenvalue weighted by atomic mass is 32.2. The average molecular weight is 604 g/mol. The smallest absolute Gasteiger partial charge is 0.214 e. The molecule has 2 bridgehead atoms. The number of piperazine rings is 1. The molecule has 0 aromatic heterocycles. The molecule has 2 aromatic rings. The van der Waals surface area contributed by atoms with E-state index in [0.29, 0.717) is 50.1 Å². The minimum atomic E-state index is -3.35. The van der Waals surface area contributed by atoms with E-state index in [2.05, 4.69) is 12.2 Å². The third kappa shape index (κ3) is 7.10. The molecule has 0 aliphatic carbocycles. The molecule has 3 aliphatic rings. The Kier molecular flexibility index (Phi) is 10.1. The number of ketones is 1. The average Bonchev–Trinajstić information content (AvgIpc) is 3.09. The highest BCUT2D eigenvalue weighted by Gasteiger charge is 2.39. The fourth-order valence-electron chi connectivity index (χ4n) is 7.09. The molecule has 0 spiro atoms. The zero-order valence-electron chi connectivity index (χ0n) is 24.3. The van der Waals surface area contributed by atoms with E-state index in [1.165, 1.54) is 18.2 Å². The molecule has 0 saturated carbocycles. The topological polar surface area (TPSA) is 102 Å². The van der Waals surface area contributed by atoms with E-state index in [1.807, 2.05) is 0 Å². The van der Waals surface area contributed by atoms with Gasteiger partial charge in [0.05, 0.1) is 17.9 Å². The van der Waals surface area contributed by atoms with E-state index in [1.54, 1.807) is 28.6 Å². The number of fused-ring (bicyclic) bond motifs is 2. The quantitative estimate of drug-likeness (QED) is 0.424. The molecule has 3 heterocycles. The lowest BCUT2D eigenvalue weighted by Gasteiger charge is -2.37. The number of Topliss-reactive ketones (excluding diaryl/α,β-unsaturated/α-hetero) is 1. The molecular formula is C32H43F2N3O4S. The van der Waals surface area contributed by atoms with E-state index in [4.69, 9.17) is 10.5 Å². The molecule has 7 atom stereocenters. The minimum absolute atomic E-state index is 0.0284. The van der Waals surface area contributed by atoms with Crippen molar-refractivity contribution in [1.29, 1.82) is 0 Å². The number of nitrogens with zero attached hydrogens (tertiary/aromatic N) is 1. The van der Waals surface area contributed by atoms with Crippen molar-refractivity contribution in [2.75, 3.05) is 25.4 Å². The summed E-state index contributed by atoms with van der Waals surface area (Å²) >= 11 is 0. The summed E-state index contributed by atoms with van der Waals surface area (Å²) in [5.41, 5.74) is 8.55. The molecule has 7 nitrogen and oxygen atoms in total. The van der Waals surface area contributed by atoms with Crippen molar-refractivity contribution in [1.82, 2.24) is 9.62 Å². The van der Waals surface area contributed by atoms with Crippen LogP contribution in [0.2, 0.25) is 0 Å². The summed E-state index contributed by atoms with van der Waals surface area (Å²) in [5, 5.41) is 3.46. The molecule has 3 N–H and O–H groups in total. The predicted molar refractivity (Wildman–Crippen MR) is 159 cm³/mol. The summed E-state index contributed by atoms with van der Waals surface area (Å²) in [4.78, 5) is 13.8. The molecule has 5 rings (SSSR count). The number of carbonyl (C=O) groups is 1. The maximum absolute atomic E-state index is 15.2. The summed E-state index contributed by atoms with van der Waals surface area (Å²) in [5.74, 6) is -1.04. The van der Waals surface area contributed by atoms with Crippen LogP contribution >= 0.6 is 0 Å². The first-order chi connectivity index (χ1) is 20.2. The van der Waals surface area contributed by atoms with Gasteiger partial charge in [0.1, 0.15) is 11.6 Å². The fourth-order valence-corrected chi connectivity index (χ4v) is 8.90. The van der Waals surface area contributed by atoms with E-state index in [9.17, 15) is 17.6 Å². The van der Waals surface area contributed by atoms with E-state index < -0.39 is 21.9 Å². The Hall–Kier alpha value is -2.24. The van der Waals surface area contributed by atoms with Gasteiger partial charge in [-0.25, -0.2) is 17.2 Å². The summed E-state index contributed by atoms with van der Waals surface area (Å²) in [6.07, 6.45) is 4.65. The van der Waals surface area contributed by atoms with E-state index in [-0.39, 0.29) is 53.8 Å². The molecule has 3 aliphatic heterocycles. The first-order valence-corrected chi connectivity index (χ1v) is 16.9. The van der Waals surface area contributed by atoms with Gasteiger partial charge in [0, 0.05) is 44.1 Å². The van der Waals surface area contributed by atoms with Gasteiger partial charge < -0.3 is 15.8 Å². The maximum atomic E-state index is 15.2. The van der Waals surface area contributed by atoms with Crippen LogP contribution in [0, 0.1) is 17.6 Å². The zero-order chi connectivity index (χ0) is 29.9. The van der Waals surface area contributed by atoms with Gasteiger partial charge in [-0.2, -0.15) is 4.31 Å². The lowest BCUT2D eigenvalue weighted by atomic mass is 9.73. The van der Waals surface area contributed by atoms with Gasteiger partial charge in [-0.05, 0) is 85.8 Å². The molecular weight excluding hydrogens is 560 g/mol. The molecule has 230 valence electrons. The van der Waals surface area contributed by atoms with Crippen LogP contribution in [0.1, 0.15) is 68.1 Å². The predicted octanol–water partition coefficient (Wildman–Crippen LogP) is 4.09. The molecule has 2 aromatic carbocycles. The second-order valence-electron chi connectivity index (χ2n) is 12.1. The van der Waals surface area contributed by atoms with Crippen molar-refractivity contribution >= 4 is 15.8 Å². The highest BCUT2D eigenvalue weighted by Crippen LogP contribution is 2.37. The van der Waals surface area contributed by atoms with Crippen LogP contribution in [0.3, 0.4) is 0 Å². The molecule has 0 amide bonds. The Morgan fingerprint density at radius 2 is 1.95 bits per heavy atom. The number of ether oxygens (including phenoxy) is 1. The molecule has 3 fully saturated rings. The highest BCUT2D eigenvalue weighted by molar-refractivity contribution is 7.89. The third-order valence-corrected chi connectivity index (χ3v) is 11.4. The van der Waals surface area contributed by atoms with Crippen molar-refractivity contribution < 1.29 is 26.7 Å². The van der Waals surface area contributed by atoms with Gasteiger partial charge in [0.2, 0.25) is 10.0 Å². The van der Waals surface area contributed by atoms with Gasteiger partial charge in [0.15, 0.2) is 5.78 Å². The van der Waals surface area contributed by atoms with Crippen molar-refractivity contribution in [3.63, 3.8) is 0 Å². The number of benzene rings is 2. The SMILES string of the molecule is CC[C@H]1C[C@@H]([C@H](c2ccc(F)cc2)[C@H](N)C(=O)Cc2cccc(F)c2CC[C@H]2CN[C@@H]3CCCS(=O)(=O)N2C3)CCO1. The third-order valence-electron chi connectivity index (χ3n) is 9.45. The molecule has 1 unspecified atom stereocenters. The summed E-state index contributed by atoms with van der Waals surface area (Å²) in [7, 11) is -3.35. The van der Waals surface area contributed by atoms with Gasteiger partial charge >= 0.3 is 0 Å². The van der Waals surface area contributed by atoms with Crippen LogP contribution < -0.4 is 11.1 Å². The minimum Gasteiger partial charge on any atom is -0.378 e. The number of sulfonamides is 1. The van der Waals surface area contributed by atoms with Gasteiger partial charge in [-0.1, -0.05) is 31.2 Å². The molecule has 42 heavy (non-hydrogen) atoms. The normalized spacial score (nSPS) is 28.9. The van der Waals surface area contributed by atoms with Crippen LogP contribution in [-0.4, -0.2) is 68.2 Å². The van der Waals surface area contributed by atoms with Crippen LogP contribution in [0.4, 0.5) is 8.78 Å². The number of nitrogens with two attached hydrogens (primary N) is 1. The van der Waals surface area contributed by atoms with E-state index in [0.717, 1.165) is 31.2 Å². The van der Waals surface area contributed by atoms with Crippen molar-refractivity contribution in [3.8, 4) is 0 Å². The fraction of sp³-hybridized carbons (Fsp3) is 0.594. The van der Waals surface area contributed by atoms with Crippen LogP contribution in [0.15, 0.2) is 42.5 Å². The van der Waals surface area contributed by atoms with Crippen molar-refractivity contribution in [2.24, 2.45) is 11.7 Å². The molecule has 10 heteroatoms. The monoisotopic (exact) mass is 603 g/mol. The second kappa shape index (κ2) is 13.6. The van der Waals surface area contributed by atoms with Crippen molar-refractivity contribution in [3.05, 3.63) is 70.8 Å². The van der Waals surface area contributed by atoms with Gasteiger partial charge in [-0.15, -0.1) is 0 Å². The number of hydrogen-bond donors (Lipinski definition) is 2. The number of hydrogen-bond acceptors (Lipinski definition) is 6. The lowest BCUT2D eigenvalue weighted by Crippen LogP contribution is -2.57. The van der Waals surface area contributed by atoms with Crippen LogP contribution in [0.5, 0.6) is 0 Å². The Balaban J connectivity index is 1.33. The zero-order valence-corrected chi connectivity index (χ0v) is 25.1. The summed E-state index contributed by atoms with van der Waals surface area (Å²) in [6.45, 7) is 3.63. The molecule has 3 saturated heterocycles. The van der Waals surface area contributed by atoms with E-state index >= 15 is 4.39 Å². The summed E-state index contributed by atoms with van der Waals surface area (Å²) in [6, 6.07) is 9.98. The number of nitrogens with one attached hydrogen (secondary N) is 1. The van der Waals surface area contributed by atoms with Crippen LogP contribution in [-0.2, 0) is 32.4 Å². The standard InChI is InChI=1S/C32H43F2N3O4S/c1-2-27-17-23(14-15-41-27)31(21-8-10-24(33)11-9-21)32(35)30(38)18-22-5-3-7-29(34)28(22)13-12-26-19-36-25-6-4-16-42(39,40)37(26)20-25/h3,5,7-11,23,25-27,31-32,36H,2,4,6,12-20,35H2,1H3/t23-,25+,26-,27-,31-,32+/m0/s1. The Morgan fingerprint density at radius 3 is 2.71 bits per heavy atom. The first-order valence-electron chi connectivity index (χ1n) is 15.3. The van der Waals surface area contributed by atoms with Crippen LogP contribution in [0.25, 0.3) is 0 Å². The first kappa shape index (κ1) is 31.2. The maximum Gasteiger partial charge on any atom is 0.214 e. The number of carbonyl (C=O) groups excluding carboxylic acids is 1. The Labute approximate surface area is 248 Å². The van der Waals surface area contributed by atoms with Gasteiger partial charge in [0.25, 0.3) is 0 Å². The number of rotatable bonds is 10. The van der Waals surface area contributed by atoms with Gasteiger partial charge in [-0.3, -0.25) is 4.79 Å². The number of halogens is 2. The Morgan fingerprint density at radius 1 is 1.17 bits per heavy atom. The second-order valence-corrected chi connectivity index (χ2v) is 14.2. The largest absolute Gasteiger partial charge is 0.378 e. The Bertz CT molecular complexity index is 1340. The van der Waals surface area contributed by atoms with Crippen molar-refractivity contribution in [2.45, 2.75) is 88.4 Å².